The Bertz CT molecular complexity index is 638. The van der Waals surface area contributed by atoms with Crippen molar-refractivity contribution in [3.05, 3.63) is 33.0 Å². The first-order chi connectivity index (χ1) is 11.0. The molecular formula is C15H17NO5S2. The zero-order chi connectivity index (χ0) is 16.8. The maximum Gasteiger partial charge on any atom is 0.348 e. The van der Waals surface area contributed by atoms with Crippen LogP contribution in [0.2, 0.25) is 0 Å². The van der Waals surface area contributed by atoms with E-state index in [1.54, 1.807) is 13.0 Å². The third-order valence-corrected chi connectivity index (χ3v) is 4.93. The van der Waals surface area contributed by atoms with Gasteiger partial charge >= 0.3 is 11.9 Å². The van der Waals surface area contributed by atoms with E-state index in [0.29, 0.717) is 9.91 Å². The fraction of sp³-hybridized carbons (Fsp3) is 0.400. The molecule has 0 aliphatic carbocycles. The standard InChI is InChI=1S/C15H17NO5S2/c1-3-20-14(18)8-13-16(12(17)9-22-13)6-7-21-15(19)11-5-4-10(2)23-11/h4-5,8H,3,6-7,9H2,1-2H3/b13-8-. The lowest BCUT2D eigenvalue weighted by Gasteiger charge is -2.16. The van der Waals surface area contributed by atoms with Crippen molar-refractivity contribution in [2.45, 2.75) is 13.8 Å². The van der Waals surface area contributed by atoms with Crippen LogP contribution in [0, 0.1) is 6.92 Å². The molecule has 0 radical (unpaired) electrons. The first-order valence-electron chi connectivity index (χ1n) is 7.06. The van der Waals surface area contributed by atoms with Gasteiger partial charge in [0.15, 0.2) is 0 Å². The number of aryl methyl sites for hydroxylation is 1. The molecule has 1 saturated heterocycles. The predicted octanol–water partition coefficient (Wildman–Crippen LogP) is 2.19. The van der Waals surface area contributed by atoms with E-state index in [1.165, 1.54) is 34.1 Å². The summed E-state index contributed by atoms with van der Waals surface area (Å²) < 4.78 is 10.0. The molecule has 1 aromatic heterocycles. The molecule has 1 amide bonds. The van der Waals surface area contributed by atoms with Crippen molar-refractivity contribution in [3.8, 4) is 0 Å². The summed E-state index contributed by atoms with van der Waals surface area (Å²) >= 11 is 2.63. The summed E-state index contributed by atoms with van der Waals surface area (Å²) in [5.41, 5.74) is 0. The van der Waals surface area contributed by atoms with Crippen molar-refractivity contribution >= 4 is 40.9 Å². The number of thioether (sulfide) groups is 1. The largest absolute Gasteiger partial charge is 0.463 e. The highest BCUT2D eigenvalue weighted by molar-refractivity contribution is 8.04. The van der Waals surface area contributed by atoms with Gasteiger partial charge in [0.05, 0.1) is 30.0 Å². The Morgan fingerprint density at radius 3 is 2.78 bits per heavy atom. The van der Waals surface area contributed by atoms with Gasteiger partial charge in [-0.25, -0.2) is 9.59 Å². The number of hydrogen-bond donors (Lipinski definition) is 0. The molecule has 124 valence electrons. The van der Waals surface area contributed by atoms with E-state index in [4.69, 9.17) is 9.47 Å². The molecular weight excluding hydrogens is 338 g/mol. The first kappa shape index (κ1) is 17.6. The lowest BCUT2D eigenvalue weighted by atomic mass is 10.4. The number of rotatable bonds is 6. The van der Waals surface area contributed by atoms with E-state index in [2.05, 4.69) is 0 Å². The number of amides is 1. The minimum atomic E-state index is -0.485. The Labute approximate surface area is 142 Å². The average molecular weight is 355 g/mol. The van der Waals surface area contributed by atoms with Crippen LogP contribution in [0.25, 0.3) is 0 Å². The van der Waals surface area contributed by atoms with Gasteiger partial charge in [0, 0.05) is 4.88 Å². The molecule has 1 fully saturated rings. The molecule has 23 heavy (non-hydrogen) atoms. The zero-order valence-electron chi connectivity index (χ0n) is 12.9. The van der Waals surface area contributed by atoms with Crippen LogP contribution in [0.15, 0.2) is 23.2 Å². The van der Waals surface area contributed by atoms with Gasteiger partial charge in [-0.2, -0.15) is 0 Å². The lowest BCUT2D eigenvalue weighted by Crippen LogP contribution is -2.29. The highest BCUT2D eigenvalue weighted by atomic mass is 32.2. The highest BCUT2D eigenvalue weighted by Crippen LogP contribution is 2.28. The van der Waals surface area contributed by atoms with E-state index < -0.39 is 11.9 Å². The van der Waals surface area contributed by atoms with Crippen molar-refractivity contribution in [2.24, 2.45) is 0 Å². The predicted molar refractivity (Wildman–Crippen MR) is 88.2 cm³/mol. The third kappa shape index (κ3) is 4.84. The van der Waals surface area contributed by atoms with Gasteiger partial charge in [0.25, 0.3) is 0 Å². The fourth-order valence-electron chi connectivity index (χ4n) is 1.90. The number of ether oxygens (including phenoxy) is 2. The van der Waals surface area contributed by atoms with Crippen LogP contribution in [0.3, 0.4) is 0 Å². The van der Waals surface area contributed by atoms with Crippen LogP contribution in [0.5, 0.6) is 0 Å². The molecule has 0 unspecified atom stereocenters. The van der Waals surface area contributed by atoms with Crippen molar-refractivity contribution < 1.29 is 23.9 Å². The Morgan fingerprint density at radius 1 is 1.35 bits per heavy atom. The van der Waals surface area contributed by atoms with Crippen LogP contribution in [0.1, 0.15) is 21.5 Å². The van der Waals surface area contributed by atoms with E-state index >= 15 is 0 Å². The number of esters is 2. The molecule has 0 spiro atoms. The third-order valence-electron chi connectivity index (χ3n) is 2.93. The second-order valence-corrected chi connectivity index (χ2v) is 6.90. The molecule has 1 aliphatic rings. The summed E-state index contributed by atoms with van der Waals surface area (Å²) in [5, 5.41) is 0.525. The van der Waals surface area contributed by atoms with Crippen LogP contribution in [-0.2, 0) is 19.1 Å². The Morgan fingerprint density at radius 2 is 2.13 bits per heavy atom. The van der Waals surface area contributed by atoms with Crippen molar-refractivity contribution in [3.63, 3.8) is 0 Å². The number of nitrogens with zero attached hydrogens (tertiary/aromatic N) is 1. The van der Waals surface area contributed by atoms with Gasteiger partial charge < -0.3 is 14.4 Å². The van der Waals surface area contributed by atoms with Gasteiger partial charge in [-0.1, -0.05) is 11.8 Å². The molecule has 1 aliphatic heterocycles. The van der Waals surface area contributed by atoms with Crippen molar-refractivity contribution in [2.75, 3.05) is 25.5 Å². The molecule has 0 bridgehead atoms. The minimum absolute atomic E-state index is 0.0717. The smallest absolute Gasteiger partial charge is 0.348 e. The van der Waals surface area contributed by atoms with Gasteiger partial charge in [-0.05, 0) is 26.0 Å². The molecule has 2 rings (SSSR count). The SMILES string of the molecule is CCOC(=O)/C=C1\SCC(=O)N1CCOC(=O)c1ccc(C)s1. The summed E-state index contributed by atoms with van der Waals surface area (Å²) in [5.74, 6) is -0.740. The van der Waals surface area contributed by atoms with Gasteiger partial charge in [0.1, 0.15) is 11.5 Å². The van der Waals surface area contributed by atoms with E-state index in [9.17, 15) is 14.4 Å². The number of thiophene rings is 1. The Kier molecular flexibility index (Phi) is 6.23. The van der Waals surface area contributed by atoms with Crippen LogP contribution < -0.4 is 0 Å². The maximum absolute atomic E-state index is 11.8. The molecule has 0 saturated carbocycles. The Balaban J connectivity index is 1.88. The van der Waals surface area contributed by atoms with Crippen molar-refractivity contribution in [1.82, 2.24) is 4.90 Å². The number of carbonyl (C=O) groups is 3. The molecule has 0 aromatic carbocycles. The molecule has 2 heterocycles. The lowest BCUT2D eigenvalue weighted by molar-refractivity contribution is -0.137. The summed E-state index contributed by atoms with van der Waals surface area (Å²) in [6, 6.07) is 3.56. The first-order valence-corrected chi connectivity index (χ1v) is 8.86. The summed E-state index contributed by atoms with van der Waals surface area (Å²) in [6.07, 6.45) is 1.30. The molecule has 0 N–H and O–H groups in total. The summed E-state index contributed by atoms with van der Waals surface area (Å²) in [4.78, 5) is 38.2. The number of hydrogen-bond acceptors (Lipinski definition) is 7. The Hall–Kier alpha value is -1.80. The van der Waals surface area contributed by atoms with Crippen LogP contribution in [-0.4, -0.2) is 48.3 Å². The fourth-order valence-corrected chi connectivity index (χ4v) is 3.62. The normalized spacial score (nSPS) is 16.0. The molecule has 8 heteroatoms. The van der Waals surface area contributed by atoms with Crippen LogP contribution >= 0.6 is 23.1 Å². The molecule has 1 aromatic rings. The average Bonchev–Trinajstić information content (AvgIpc) is 3.07. The summed E-state index contributed by atoms with van der Waals surface area (Å²) in [6.45, 7) is 4.19. The molecule has 6 nitrogen and oxygen atoms in total. The van der Waals surface area contributed by atoms with Gasteiger partial charge in [-0.3, -0.25) is 4.79 Å². The van der Waals surface area contributed by atoms with Crippen LogP contribution in [0.4, 0.5) is 0 Å². The maximum atomic E-state index is 11.8. The quantitative estimate of drug-likeness (QED) is 0.575. The topological polar surface area (TPSA) is 72.9 Å². The minimum Gasteiger partial charge on any atom is -0.463 e. The van der Waals surface area contributed by atoms with Crippen molar-refractivity contribution in [1.29, 1.82) is 0 Å². The monoisotopic (exact) mass is 355 g/mol. The highest BCUT2D eigenvalue weighted by Gasteiger charge is 2.27. The van der Waals surface area contributed by atoms with E-state index in [-0.39, 0.29) is 31.4 Å². The second kappa shape index (κ2) is 8.16. The number of carbonyl (C=O) groups excluding carboxylic acids is 3. The summed E-state index contributed by atoms with van der Waals surface area (Å²) in [7, 11) is 0. The van der Waals surface area contributed by atoms with Gasteiger partial charge in [0.2, 0.25) is 5.91 Å². The van der Waals surface area contributed by atoms with Gasteiger partial charge in [-0.15, -0.1) is 11.3 Å². The van der Waals surface area contributed by atoms with E-state index in [1.807, 2.05) is 13.0 Å². The molecule has 0 atom stereocenters. The zero-order valence-corrected chi connectivity index (χ0v) is 14.5. The second-order valence-electron chi connectivity index (χ2n) is 4.61. The van der Waals surface area contributed by atoms with E-state index in [0.717, 1.165) is 4.88 Å².